The summed E-state index contributed by atoms with van der Waals surface area (Å²) in [5.41, 5.74) is 0.987. The fraction of sp³-hybridized carbons (Fsp3) is 0.467. The van der Waals surface area contributed by atoms with Gasteiger partial charge in [0.2, 0.25) is 0 Å². The van der Waals surface area contributed by atoms with Crippen LogP contribution in [0.2, 0.25) is 0 Å². The number of hydrogen-bond donors (Lipinski definition) is 1. The highest BCUT2D eigenvalue weighted by Crippen LogP contribution is 2.14. The van der Waals surface area contributed by atoms with Gasteiger partial charge in [-0.05, 0) is 5.56 Å². The van der Waals surface area contributed by atoms with Gasteiger partial charge in [0, 0.05) is 26.2 Å². The van der Waals surface area contributed by atoms with Crippen molar-refractivity contribution >= 4 is 12.0 Å². The summed E-state index contributed by atoms with van der Waals surface area (Å²) in [5.74, 6) is -0.218. The van der Waals surface area contributed by atoms with E-state index in [4.69, 9.17) is 4.74 Å². The summed E-state index contributed by atoms with van der Waals surface area (Å²) in [7, 11) is 0. The summed E-state index contributed by atoms with van der Waals surface area (Å²) in [4.78, 5) is 27.3. The molecule has 1 aromatic rings. The molecule has 21 heavy (non-hydrogen) atoms. The number of amides is 2. The van der Waals surface area contributed by atoms with E-state index in [0.717, 1.165) is 12.1 Å². The Morgan fingerprint density at radius 3 is 2.90 bits per heavy atom. The number of carbonyl (C=O) groups is 2. The Bertz CT molecular complexity index is 520. The molecule has 2 amide bonds. The Morgan fingerprint density at radius 1 is 1.29 bits per heavy atom. The molecule has 112 valence electrons. The van der Waals surface area contributed by atoms with E-state index in [-0.39, 0.29) is 24.6 Å². The molecular weight excluding hydrogens is 270 g/mol. The van der Waals surface area contributed by atoms with Gasteiger partial charge in [-0.3, -0.25) is 9.69 Å². The van der Waals surface area contributed by atoms with E-state index in [2.05, 4.69) is 10.2 Å². The van der Waals surface area contributed by atoms with E-state index in [0.29, 0.717) is 26.2 Å². The lowest BCUT2D eigenvalue weighted by Crippen LogP contribution is -2.53. The van der Waals surface area contributed by atoms with Gasteiger partial charge in [-0.15, -0.1) is 0 Å². The first-order chi connectivity index (χ1) is 10.2. The van der Waals surface area contributed by atoms with Gasteiger partial charge in [0.15, 0.2) is 0 Å². The van der Waals surface area contributed by atoms with Crippen LogP contribution in [0.25, 0.3) is 0 Å². The van der Waals surface area contributed by atoms with Crippen LogP contribution in [0.3, 0.4) is 0 Å². The van der Waals surface area contributed by atoms with Crippen molar-refractivity contribution in [2.45, 2.75) is 12.6 Å². The molecule has 6 heteroatoms. The van der Waals surface area contributed by atoms with Crippen molar-refractivity contribution in [3.63, 3.8) is 0 Å². The highest BCUT2D eigenvalue weighted by Gasteiger charge is 2.35. The minimum absolute atomic E-state index is 0.00584. The van der Waals surface area contributed by atoms with Crippen LogP contribution >= 0.6 is 0 Å². The van der Waals surface area contributed by atoms with Crippen LogP contribution in [0.15, 0.2) is 30.3 Å². The minimum atomic E-state index is -0.218. The first kappa shape index (κ1) is 13.9. The number of benzene rings is 1. The van der Waals surface area contributed by atoms with E-state index >= 15 is 0 Å². The number of nitrogens with zero attached hydrogens (tertiary/aromatic N) is 2. The van der Waals surface area contributed by atoms with Gasteiger partial charge in [-0.25, -0.2) is 4.79 Å². The van der Waals surface area contributed by atoms with E-state index in [1.54, 1.807) is 0 Å². The van der Waals surface area contributed by atoms with Crippen molar-refractivity contribution in [2.24, 2.45) is 0 Å². The van der Waals surface area contributed by atoms with Crippen molar-refractivity contribution in [3.8, 4) is 0 Å². The van der Waals surface area contributed by atoms with Crippen LogP contribution in [0.5, 0.6) is 0 Å². The molecule has 0 radical (unpaired) electrons. The number of carbonyl (C=O) groups excluding carboxylic acids is 2. The van der Waals surface area contributed by atoms with Crippen molar-refractivity contribution in [1.82, 2.24) is 15.1 Å². The van der Waals surface area contributed by atoms with Gasteiger partial charge >= 0.3 is 12.0 Å². The molecule has 0 bridgehead atoms. The number of rotatable bonds is 4. The molecule has 0 aliphatic carbocycles. The van der Waals surface area contributed by atoms with E-state index in [9.17, 15) is 9.59 Å². The fourth-order valence-electron chi connectivity index (χ4n) is 2.78. The molecule has 1 aromatic carbocycles. The summed E-state index contributed by atoms with van der Waals surface area (Å²) in [6.45, 7) is 3.36. The van der Waals surface area contributed by atoms with E-state index in [1.165, 1.54) is 0 Å². The van der Waals surface area contributed by atoms with Crippen LogP contribution in [0.1, 0.15) is 5.56 Å². The summed E-state index contributed by atoms with van der Waals surface area (Å²) in [6, 6.07) is 9.82. The molecule has 1 N–H and O–H groups in total. The second-order valence-corrected chi connectivity index (χ2v) is 5.41. The zero-order valence-electron chi connectivity index (χ0n) is 11.8. The Hall–Kier alpha value is -2.08. The van der Waals surface area contributed by atoms with Crippen LogP contribution in [0.4, 0.5) is 4.79 Å². The lowest BCUT2D eigenvalue weighted by molar-refractivity contribution is -0.146. The third-order valence-electron chi connectivity index (χ3n) is 3.91. The Kier molecular flexibility index (Phi) is 4.06. The summed E-state index contributed by atoms with van der Waals surface area (Å²) in [5, 5.41) is 2.83. The predicted octanol–water partition coefficient (Wildman–Crippen LogP) is 0.439. The number of piperazine rings is 1. The number of fused-ring (bicyclic) bond motifs is 1. The third kappa shape index (κ3) is 3.33. The second-order valence-electron chi connectivity index (χ2n) is 5.41. The molecule has 2 aliphatic heterocycles. The SMILES string of the molecule is O=C(CN1CCN2C(=O)NCC2C1)OCc1ccccc1. The van der Waals surface area contributed by atoms with E-state index in [1.807, 2.05) is 35.2 Å². The Balaban J connectivity index is 1.44. The van der Waals surface area contributed by atoms with Crippen molar-refractivity contribution in [1.29, 1.82) is 0 Å². The van der Waals surface area contributed by atoms with Gasteiger partial charge in [0.25, 0.3) is 0 Å². The predicted molar refractivity (Wildman–Crippen MR) is 76.6 cm³/mol. The first-order valence-electron chi connectivity index (χ1n) is 7.19. The highest BCUT2D eigenvalue weighted by atomic mass is 16.5. The van der Waals surface area contributed by atoms with Crippen molar-refractivity contribution in [3.05, 3.63) is 35.9 Å². The van der Waals surface area contributed by atoms with Crippen LogP contribution in [0, 0.1) is 0 Å². The maximum atomic E-state index is 11.9. The summed E-state index contributed by atoms with van der Waals surface area (Å²) >= 11 is 0. The van der Waals surface area contributed by atoms with Gasteiger partial charge in [-0.1, -0.05) is 30.3 Å². The molecule has 2 fully saturated rings. The molecular formula is C15H19N3O3. The van der Waals surface area contributed by atoms with Crippen LogP contribution < -0.4 is 5.32 Å². The standard InChI is InChI=1S/C15H19N3O3/c19-14(21-11-12-4-2-1-3-5-12)10-17-6-7-18-13(9-17)8-16-15(18)20/h1-5,13H,6-11H2,(H,16,20). The molecule has 2 saturated heterocycles. The number of ether oxygens (including phenoxy) is 1. The maximum Gasteiger partial charge on any atom is 0.320 e. The maximum absolute atomic E-state index is 11.9. The molecule has 3 rings (SSSR count). The molecule has 0 aromatic heterocycles. The quantitative estimate of drug-likeness (QED) is 0.817. The average Bonchev–Trinajstić information content (AvgIpc) is 2.87. The molecule has 0 spiro atoms. The lowest BCUT2D eigenvalue weighted by atomic mass is 10.2. The largest absolute Gasteiger partial charge is 0.460 e. The minimum Gasteiger partial charge on any atom is -0.460 e. The van der Waals surface area contributed by atoms with Gasteiger partial charge < -0.3 is 15.0 Å². The molecule has 2 heterocycles. The molecule has 6 nitrogen and oxygen atoms in total. The zero-order valence-corrected chi connectivity index (χ0v) is 11.8. The van der Waals surface area contributed by atoms with Gasteiger partial charge in [0.05, 0.1) is 12.6 Å². The van der Waals surface area contributed by atoms with Gasteiger partial charge in [-0.2, -0.15) is 0 Å². The number of hydrogen-bond acceptors (Lipinski definition) is 4. The topological polar surface area (TPSA) is 61.9 Å². The molecule has 1 unspecified atom stereocenters. The monoisotopic (exact) mass is 289 g/mol. The normalized spacial score (nSPS) is 21.8. The third-order valence-corrected chi connectivity index (χ3v) is 3.91. The lowest BCUT2D eigenvalue weighted by Gasteiger charge is -2.35. The number of nitrogens with one attached hydrogen (secondary N) is 1. The van der Waals surface area contributed by atoms with Crippen molar-refractivity contribution in [2.75, 3.05) is 32.7 Å². The van der Waals surface area contributed by atoms with Gasteiger partial charge in [0.1, 0.15) is 6.61 Å². The second kappa shape index (κ2) is 6.13. The Morgan fingerprint density at radius 2 is 2.10 bits per heavy atom. The molecule has 2 aliphatic rings. The zero-order chi connectivity index (χ0) is 14.7. The van der Waals surface area contributed by atoms with Crippen LogP contribution in [-0.2, 0) is 16.1 Å². The fourth-order valence-corrected chi connectivity index (χ4v) is 2.78. The number of esters is 1. The highest BCUT2D eigenvalue weighted by molar-refractivity contribution is 5.77. The Labute approximate surface area is 123 Å². The van der Waals surface area contributed by atoms with E-state index < -0.39 is 0 Å². The first-order valence-corrected chi connectivity index (χ1v) is 7.19. The van der Waals surface area contributed by atoms with Crippen molar-refractivity contribution < 1.29 is 14.3 Å². The summed E-state index contributed by atoms with van der Waals surface area (Å²) in [6.07, 6.45) is 0. The molecule has 1 atom stereocenters. The molecule has 0 saturated carbocycles. The number of urea groups is 1. The summed E-state index contributed by atoms with van der Waals surface area (Å²) < 4.78 is 5.29. The smallest absolute Gasteiger partial charge is 0.320 e. The average molecular weight is 289 g/mol. The van der Waals surface area contributed by atoms with Crippen LogP contribution in [-0.4, -0.2) is 60.6 Å².